The summed E-state index contributed by atoms with van der Waals surface area (Å²) in [6.07, 6.45) is 2.01. The first kappa shape index (κ1) is 5.94. The van der Waals surface area contributed by atoms with Crippen LogP contribution in [-0.4, -0.2) is 9.97 Å². The molecule has 0 aromatic carbocycles. The highest BCUT2D eigenvalue weighted by molar-refractivity contribution is 4.95. The van der Waals surface area contributed by atoms with E-state index in [1.165, 1.54) is 0 Å². The largest absolute Gasteiger partial charge is 0.460 e. The van der Waals surface area contributed by atoms with Gasteiger partial charge >= 0.3 is 6.01 Å². The van der Waals surface area contributed by atoms with Crippen molar-refractivity contribution in [1.29, 1.82) is 0 Å². The molecule has 9 heavy (non-hydrogen) atoms. The normalized spacial score (nSPS) is 9.11. The number of aromatic nitrogens is 2. The van der Waals surface area contributed by atoms with Gasteiger partial charge in [-0.25, -0.2) is 14.4 Å². The Hall–Kier alpha value is -1.19. The van der Waals surface area contributed by atoms with Gasteiger partial charge in [0.25, 0.3) is 0 Å². The molecule has 0 bridgehead atoms. The fourth-order valence-electron chi connectivity index (χ4n) is 0.375. The summed E-state index contributed by atoms with van der Waals surface area (Å²) < 4.78 is 16.4. The number of ether oxygens (including phenoxy) is 1. The lowest BCUT2D eigenvalue weighted by Gasteiger charge is -1.92. The van der Waals surface area contributed by atoms with Crippen molar-refractivity contribution < 1.29 is 9.13 Å². The van der Waals surface area contributed by atoms with Crippen molar-refractivity contribution in [1.82, 2.24) is 9.97 Å². The zero-order valence-electron chi connectivity index (χ0n) is 4.54. The maximum Gasteiger partial charge on any atom is 0.316 e. The molecule has 4 heteroatoms. The monoisotopic (exact) mass is 127 g/mol. The molecule has 0 aliphatic carbocycles. The minimum Gasteiger partial charge on any atom is -0.460 e. The van der Waals surface area contributed by atoms with Crippen LogP contribution in [0, 0.1) is 12.9 Å². The average molecular weight is 127 g/mol. The Morgan fingerprint density at radius 2 is 2.00 bits per heavy atom. The van der Waals surface area contributed by atoms with Crippen molar-refractivity contribution in [2.45, 2.75) is 0 Å². The Morgan fingerprint density at radius 3 is 2.44 bits per heavy atom. The van der Waals surface area contributed by atoms with Gasteiger partial charge in [0.05, 0.1) is 12.4 Å². The van der Waals surface area contributed by atoms with Crippen LogP contribution >= 0.6 is 0 Å². The number of hydrogen-bond acceptors (Lipinski definition) is 3. The topological polar surface area (TPSA) is 35.0 Å². The lowest BCUT2D eigenvalue weighted by Crippen LogP contribution is -1.88. The summed E-state index contributed by atoms with van der Waals surface area (Å²) >= 11 is 0. The fraction of sp³-hybridized carbons (Fsp3) is 0. The van der Waals surface area contributed by atoms with Gasteiger partial charge in [0, 0.05) is 0 Å². The van der Waals surface area contributed by atoms with E-state index in [4.69, 9.17) is 0 Å². The SMILES string of the molecule is [CH2]Oc1ncc(F)cn1. The van der Waals surface area contributed by atoms with Crippen LogP contribution in [0.25, 0.3) is 0 Å². The van der Waals surface area contributed by atoms with Crippen molar-refractivity contribution in [3.63, 3.8) is 0 Å². The predicted molar refractivity (Wildman–Crippen MR) is 28.0 cm³/mol. The van der Waals surface area contributed by atoms with Gasteiger partial charge in [0.1, 0.15) is 7.11 Å². The Morgan fingerprint density at radius 1 is 1.44 bits per heavy atom. The molecule has 47 valence electrons. The van der Waals surface area contributed by atoms with Gasteiger partial charge in [-0.05, 0) is 0 Å². The highest BCUT2D eigenvalue weighted by atomic mass is 19.1. The molecule has 0 fully saturated rings. The lowest BCUT2D eigenvalue weighted by atomic mass is 10.6. The van der Waals surface area contributed by atoms with Gasteiger partial charge in [0.15, 0.2) is 5.82 Å². The minimum absolute atomic E-state index is 0.0661. The minimum atomic E-state index is -0.490. The zero-order valence-corrected chi connectivity index (χ0v) is 4.54. The number of hydrogen-bond donors (Lipinski definition) is 0. The van der Waals surface area contributed by atoms with Crippen molar-refractivity contribution in [2.24, 2.45) is 0 Å². The van der Waals surface area contributed by atoms with Crippen molar-refractivity contribution >= 4 is 0 Å². The molecular weight excluding hydrogens is 123 g/mol. The van der Waals surface area contributed by atoms with E-state index in [0.29, 0.717) is 0 Å². The summed E-state index contributed by atoms with van der Waals surface area (Å²) in [7, 11) is 3.04. The number of halogens is 1. The van der Waals surface area contributed by atoms with Gasteiger partial charge < -0.3 is 4.74 Å². The molecule has 0 aliphatic heterocycles. The first-order valence-electron chi connectivity index (χ1n) is 2.22. The van der Waals surface area contributed by atoms with E-state index < -0.39 is 5.82 Å². The first-order valence-corrected chi connectivity index (χ1v) is 2.22. The molecule has 1 heterocycles. The van der Waals surface area contributed by atoms with E-state index in [9.17, 15) is 4.39 Å². The average Bonchev–Trinajstić information content (AvgIpc) is 1.90. The maximum atomic E-state index is 12.0. The molecule has 0 amide bonds. The highest BCUT2D eigenvalue weighted by Gasteiger charge is 1.92. The fourth-order valence-corrected chi connectivity index (χ4v) is 0.375. The summed E-state index contributed by atoms with van der Waals surface area (Å²) in [6, 6.07) is 0.0661. The van der Waals surface area contributed by atoms with E-state index in [0.717, 1.165) is 12.4 Å². The second-order valence-electron chi connectivity index (χ2n) is 1.33. The Bertz CT molecular complexity index is 187. The molecule has 0 saturated heterocycles. The van der Waals surface area contributed by atoms with E-state index in [-0.39, 0.29) is 6.01 Å². The quantitative estimate of drug-likeness (QED) is 0.559. The molecule has 0 unspecified atom stereocenters. The van der Waals surface area contributed by atoms with Gasteiger partial charge in [0.2, 0.25) is 0 Å². The molecule has 0 N–H and O–H groups in total. The van der Waals surface area contributed by atoms with Crippen LogP contribution in [0.15, 0.2) is 12.4 Å². The second-order valence-corrected chi connectivity index (χ2v) is 1.33. The van der Waals surface area contributed by atoms with Crippen LogP contribution in [0.1, 0.15) is 0 Å². The summed E-state index contributed by atoms with van der Waals surface area (Å²) in [5.74, 6) is -0.490. The molecular formula is C5H4FN2O. The Balaban J connectivity index is 2.88. The third-order valence-electron chi connectivity index (χ3n) is 0.726. The number of nitrogens with zero attached hydrogens (tertiary/aromatic N) is 2. The Labute approximate surface area is 51.5 Å². The van der Waals surface area contributed by atoms with Crippen LogP contribution in [0.2, 0.25) is 0 Å². The van der Waals surface area contributed by atoms with Crippen LogP contribution in [0.3, 0.4) is 0 Å². The third-order valence-corrected chi connectivity index (χ3v) is 0.726. The first-order chi connectivity index (χ1) is 4.33. The maximum absolute atomic E-state index is 12.0. The molecule has 0 atom stereocenters. The van der Waals surface area contributed by atoms with E-state index >= 15 is 0 Å². The molecule has 1 aromatic rings. The van der Waals surface area contributed by atoms with Gasteiger partial charge in [-0.3, -0.25) is 0 Å². The van der Waals surface area contributed by atoms with Crippen molar-refractivity contribution in [3.8, 4) is 6.01 Å². The third kappa shape index (κ3) is 1.35. The standard InChI is InChI=1S/C5H4FN2O/c1-9-5-7-2-4(6)3-8-5/h2-3H,1H2. The second kappa shape index (κ2) is 2.39. The summed E-state index contributed by atoms with van der Waals surface area (Å²) in [4.78, 5) is 6.85. The molecule has 1 aromatic heterocycles. The Kier molecular flexibility index (Phi) is 1.58. The van der Waals surface area contributed by atoms with Crippen LogP contribution < -0.4 is 4.74 Å². The molecule has 3 nitrogen and oxygen atoms in total. The highest BCUT2D eigenvalue weighted by Crippen LogP contribution is 1.98. The van der Waals surface area contributed by atoms with E-state index in [1.807, 2.05) is 0 Å². The van der Waals surface area contributed by atoms with Crippen LogP contribution in [0.4, 0.5) is 4.39 Å². The van der Waals surface area contributed by atoms with Gasteiger partial charge in [-0.15, -0.1) is 0 Å². The summed E-state index contributed by atoms with van der Waals surface area (Å²) in [6.45, 7) is 0. The predicted octanol–water partition coefficient (Wildman–Crippen LogP) is 0.786. The lowest BCUT2D eigenvalue weighted by molar-refractivity contribution is 0.427. The van der Waals surface area contributed by atoms with E-state index in [2.05, 4.69) is 21.8 Å². The molecule has 1 radical (unpaired) electrons. The van der Waals surface area contributed by atoms with Crippen LogP contribution in [-0.2, 0) is 0 Å². The van der Waals surface area contributed by atoms with Crippen molar-refractivity contribution in [3.05, 3.63) is 25.3 Å². The van der Waals surface area contributed by atoms with Gasteiger partial charge in [-0.2, -0.15) is 0 Å². The summed E-state index contributed by atoms with van der Waals surface area (Å²) in [5.41, 5.74) is 0. The van der Waals surface area contributed by atoms with Crippen molar-refractivity contribution in [2.75, 3.05) is 0 Å². The number of rotatable bonds is 1. The molecule has 0 aliphatic rings. The van der Waals surface area contributed by atoms with Gasteiger partial charge in [-0.1, -0.05) is 0 Å². The molecule has 1 rings (SSSR count). The zero-order chi connectivity index (χ0) is 6.69. The molecule has 0 saturated carbocycles. The summed E-state index contributed by atoms with van der Waals surface area (Å²) in [5, 5.41) is 0. The van der Waals surface area contributed by atoms with Crippen LogP contribution in [0.5, 0.6) is 6.01 Å². The molecule has 0 spiro atoms. The van der Waals surface area contributed by atoms with E-state index in [1.54, 1.807) is 0 Å². The smallest absolute Gasteiger partial charge is 0.316 e.